The van der Waals surface area contributed by atoms with E-state index in [0.29, 0.717) is 12.8 Å². The van der Waals surface area contributed by atoms with Crippen LogP contribution >= 0.6 is 11.8 Å². The predicted molar refractivity (Wildman–Crippen MR) is 67.2 cm³/mol. The van der Waals surface area contributed by atoms with Gasteiger partial charge in [0.2, 0.25) is 0 Å². The molecule has 1 atom stereocenters. The molecule has 6 heteroatoms. The van der Waals surface area contributed by atoms with Crippen LogP contribution in [0, 0.1) is 29.6 Å². The van der Waals surface area contributed by atoms with Crippen molar-refractivity contribution < 1.29 is 17.6 Å². The van der Waals surface area contributed by atoms with E-state index in [9.17, 15) is 17.6 Å². The number of halogens is 4. The van der Waals surface area contributed by atoms with Crippen molar-refractivity contribution in [3.63, 3.8) is 0 Å². The Hall–Kier alpha value is -0.880. The van der Waals surface area contributed by atoms with Crippen molar-refractivity contribution in [1.82, 2.24) is 0 Å². The lowest BCUT2D eigenvalue weighted by atomic mass is 9.79. The molecule has 1 nitrogen and oxygen atoms in total. The quantitative estimate of drug-likeness (QED) is 0.575. The average Bonchev–Trinajstić information content (AvgIpc) is 2.35. The van der Waals surface area contributed by atoms with Gasteiger partial charge in [0, 0.05) is 5.75 Å². The molecule has 106 valence electrons. The maximum Gasteiger partial charge on any atom is 0.389 e. The molecule has 0 amide bonds. The molecule has 0 spiro atoms. The normalized spacial score (nSPS) is 29.3. The van der Waals surface area contributed by atoms with Crippen LogP contribution < -0.4 is 0 Å². The Morgan fingerprint density at radius 1 is 1.37 bits per heavy atom. The third-order valence-electron chi connectivity index (χ3n) is 3.32. The summed E-state index contributed by atoms with van der Waals surface area (Å²) < 4.78 is 49.9. The van der Waals surface area contributed by atoms with Crippen LogP contribution in [-0.2, 0) is 0 Å². The summed E-state index contributed by atoms with van der Waals surface area (Å²) in [5.74, 6) is 1.92. The Morgan fingerprint density at radius 2 is 1.95 bits per heavy atom. The fraction of sp³-hybridized carbons (Fsp3) is 0.769. The van der Waals surface area contributed by atoms with Crippen LogP contribution in [0.25, 0.3) is 0 Å². The largest absolute Gasteiger partial charge is 0.389 e. The first-order valence-electron chi connectivity index (χ1n) is 6.04. The van der Waals surface area contributed by atoms with Crippen molar-refractivity contribution in [2.45, 2.75) is 49.2 Å². The zero-order valence-corrected chi connectivity index (χ0v) is 11.2. The molecule has 0 bridgehead atoms. The van der Waals surface area contributed by atoms with E-state index >= 15 is 0 Å². The van der Waals surface area contributed by atoms with Gasteiger partial charge in [-0.1, -0.05) is 5.92 Å². The Balaban J connectivity index is 2.42. The average molecular weight is 293 g/mol. The number of hydrogen-bond acceptors (Lipinski definition) is 2. The second kappa shape index (κ2) is 6.52. The van der Waals surface area contributed by atoms with Crippen molar-refractivity contribution in [2.75, 3.05) is 5.75 Å². The first-order chi connectivity index (χ1) is 8.79. The lowest BCUT2D eigenvalue weighted by Crippen LogP contribution is -2.31. The summed E-state index contributed by atoms with van der Waals surface area (Å²) in [7, 11) is 0. The number of nitriles is 1. The van der Waals surface area contributed by atoms with Crippen LogP contribution in [0.4, 0.5) is 17.6 Å². The van der Waals surface area contributed by atoms with E-state index in [2.05, 4.69) is 5.92 Å². The predicted octanol–water partition coefficient (Wildman–Crippen LogP) is 4.10. The Kier molecular flexibility index (Phi) is 5.55. The van der Waals surface area contributed by atoms with E-state index < -0.39 is 23.5 Å². The van der Waals surface area contributed by atoms with Crippen molar-refractivity contribution in [3.8, 4) is 18.4 Å². The van der Waals surface area contributed by atoms with Gasteiger partial charge < -0.3 is 0 Å². The van der Waals surface area contributed by atoms with Gasteiger partial charge in [0.05, 0.1) is 17.7 Å². The molecule has 0 N–H and O–H groups in total. The number of alkyl halides is 4. The van der Waals surface area contributed by atoms with Gasteiger partial charge in [-0.2, -0.15) is 18.4 Å². The summed E-state index contributed by atoms with van der Waals surface area (Å²) >= 11 is 1.01. The molecule has 1 unspecified atom stereocenters. The molecule has 0 saturated heterocycles. The van der Waals surface area contributed by atoms with E-state index in [0.717, 1.165) is 11.8 Å². The molecule has 1 aliphatic carbocycles. The molecule has 1 rings (SSSR count). The highest BCUT2D eigenvalue weighted by molar-refractivity contribution is 8.00. The SMILES string of the molecule is C#CC1(F)CCC(C(C#N)SCCC(F)(F)F)CC1. The van der Waals surface area contributed by atoms with Crippen LogP contribution in [0.3, 0.4) is 0 Å². The minimum Gasteiger partial charge on any atom is -0.230 e. The molecule has 0 heterocycles. The lowest BCUT2D eigenvalue weighted by Gasteiger charge is -2.32. The van der Waals surface area contributed by atoms with Gasteiger partial charge >= 0.3 is 6.18 Å². The van der Waals surface area contributed by atoms with Crippen molar-refractivity contribution in [2.24, 2.45) is 5.92 Å². The maximum absolute atomic E-state index is 13.8. The van der Waals surface area contributed by atoms with Gasteiger partial charge in [0.25, 0.3) is 0 Å². The minimum atomic E-state index is -4.20. The molecule has 19 heavy (non-hydrogen) atoms. The van der Waals surface area contributed by atoms with E-state index in [1.54, 1.807) is 0 Å². The first-order valence-corrected chi connectivity index (χ1v) is 7.09. The Bertz CT molecular complexity index is 372. The van der Waals surface area contributed by atoms with Gasteiger partial charge in [0.1, 0.15) is 0 Å². The van der Waals surface area contributed by atoms with E-state index in [1.807, 2.05) is 6.07 Å². The molecule has 1 aliphatic rings. The molecule has 1 fully saturated rings. The fourth-order valence-electron chi connectivity index (χ4n) is 2.13. The highest BCUT2D eigenvalue weighted by Gasteiger charge is 2.37. The molecule has 1 saturated carbocycles. The lowest BCUT2D eigenvalue weighted by molar-refractivity contribution is -0.129. The molecular formula is C13H15F4NS. The minimum absolute atomic E-state index is 0.0690. The van der Waals surface area contributed by atoms with Gasteiger partial charge in [-0.3, -0.25) is 0 Å². The third-order valence-corrected chi connectivity index (χ3v) is 4.61. The zero-order valence-electron chi connectivity index (χ0n) is 10.3. The summed E-state index contributed by atoms with van der Waals surface area (Å²) in [5, 5.41) is 8.50. The number of rotatable bonds is 4. The second-order valence-corrected chi connectivity index (χ2v) is 5.98. The maximum atomic E-state index is 13.8. The topological polar surface area (TPSA) is 23.8 Å². The molecule has 0 aromatic heterocycles. The van der Waals surface area contributed by atoms with Crippen LogP contribution in [0.1, 0.15) is 32.1 Å². The number of hydrogen-bond donors (Lipinski definition) is 0. The number of thioether (sulfide) groups is 1. The summed E-state index contributed by atoms with van der Waals surface area (Å²) in [4.78, 5) is 0. The van der Waals surface area contributed by atoms with Gasteiger partial charge in [0.15, 0.2) is 5.67 Å². The van der Waals surface area contributed by atoms with E-state index in [-0.39, 0.29) is 24.5 Å². The smallest absolute Gasteiger partial charge is 0.230 e. The number of nitrogens with zero attached hydrogens (tertiary/aromatic N) is 1. The second-order valence-electron chi connectivity index (χ2n) is 4.73. The van der Waals surface area contributed by atoms with Crippen LogP contribution in [0.15, 0.2) is 0 Å². The zero-order chi connectivity index (χ0) is 14.5. The summed E-state index contributed by atoms with van der Waals surface area (Å²) in [6.07, 6.45) is 1.29. The fourth-order valence-corrected chi connectivity index (χ4v) is 3.35. The highest BCUT2D eigenvalue weighted by Crippen LogP contribution is 2.39. The highest BCUT2D eigenvalue weighted by atomic mass is 32.2. The molecule has 0 aromatic rings. The third kappa shape index (κ3) is 5.32. The Morgan fingerprint density at radius 3 is 2.37 bits per heavy atom. The van der Waals surface area contributed by atoms with Crippen molar-refractivity contribution in [1.29, 1.82) is 5.26 Å². The molecule has 0 radical (unpaired) electrons. The molecular weight excluding hydrogens is 278 g/mol. The van der Waals surface area contributed by atoms with Crippen LogP contribution in [0.2, 0.25) is 0 Å². The van der Waals surface area contributed by atoms with Crippen molar-refractivity contribution >= 4 is 11.8 Å². The first kappa shape index (κ1) is 16.2. The van der Waals surface area contributed by atoms with Gasteiger partial charge in [-0.05, 0) is 31.6 Å². The molecule has 0 aromatic carbocycles. The summed E-state index contributed by atoms with van der Waals surface area (Å²) in [6, 6.07) is 2.02. The summed E-state index contributed by atoms with van der Waals surface area (Å²) in [5.41, 5.74) is -1.60. The monoisotopic (exact) mass is 293 g/mol. The van der Waals surface area contributed by atoms with Crippen molar-refractivity contribution in [3.05, 3.63) is 0 Å². The van der Waals surface area contributed by atoms with Gasteiger partial charge in [-0.15, -0.1) is 18.2 Å². The van der Waals surface area contributed by atoms with E-state index in [1.165, 1.54) is 0 Å². The number of terminal acetylenes is 1. The van der Waals surface area contributed by atoms with Crippen LogP contribution in [-0.4, -0.2) is 22.8 Å². The van der Waals surface area contributed by atoms with Crippen LogP contribution in [0.5, 0.6) is 0 Å². The van der Waals surface area contributed by atoms with E-state index in [4.69, 9.17) is 11.7 Å². The summed E-state index contributed by atoms with van der Waals surface area (Å²) in [6.45, 7) is 0. The Labute approximate surface area is 114 Å². The molecule has 0 aliphatic heterocycles. The standard InChI is InChI=1S/C13H15F4NS/c1-2-12(14)5-3-10(4-6-12)11(9-18)19-8-7-13(15,16)17/h1,10-11H,3-8H2. The van der Waals surface area contributed by atoms with Gasteiger partial charge in [-0.25, -0.2) is 4.39 Å².